The Morgan fingerprint density at radius 3 is 2.46 bits per heavy atom. The van der Waals surface area contributed by atoms with Gasteiger partial charge in [0.05, 0.1) is 5.57 Å². The van der Waals surface area contributed by atoms with E-state index in [-0.39, 0.29) is 29.6 Å². The first kappa shape index (κ1) is 24.3. The Kier molecular flexibility index (Phi) is 5.66. The van der Waals surface area contributed by atoms with Gasteiger partial charge in [0.25, 0.3) is 6.01 Å². The van der Waals surface area contributed by atoms with Crippen molar-refractivity contribution in [1.82, 2.24) is 9.88 Å². The quantitative estimate of drug-likeness (QED) is 0.525. The van der Waals surface area contributed by atoms with Crippen LogP contribution in [0.1, 0.15) is 44.5 Å². The first-order valence-electron chi connectivity index (χ1n) is 11.9. The molecule has 190 valence electrons. The molecule has 9 nitrogen and oxygen atoms in total. The van der Waals surface area contributed by atoms with Gasteiger partial charge in [0.1, 0.15) is 24.4 Å². The Labute approximate surface area is 213 Å². The molecule has 0 fully saturated rings. The maximum absolute atomic E-state index is 14.3. The van der Waals surface area contributed by atoms with E-state index < -0.39 is 35.4 Å². The molecule has 1 atom stereocenters. The van der Waals surface area contributed by atoms with Gasteiger partial charge in [-0.05, 0) is 38.8 Å². The number of carbonyl (C=O) groups is 3. The van der Waals surface area contributed by atoms with Gasteiger partial charge >= 0.3 is 11.9 Å². The average Bonchev–Trinajstić information content (AvgIpc) is 3.42. The fourth-order valence-corrected chi connectivity index (χ4v) is 4.98. The van der Waals surface area contributed by atoms with Gasteiger partial charge in [-0.25, -0.2) is 4.79 Å². The SMILES string of the molecule is CC1=C(C(=O)OC(C)(C)C)C2(C(=O)N1CC(=O)OCc1ccccc1)c1ccccc1-c1oc(N)nc12. The number of carbonyl (C=O) groups excluding carboxylic acids is 3. The largest absolute Gasteiger partial charge is 0.459 e. The lowest BCUT2D eigenvalue weighted by atomic mass is 9.74. The lowest BCUT2D eigenvalue weighted by Gasteiger charge is -2.28. The van der Waals surface area contributed by atoms with Crippen LogP contribution in [0.5, 0.6) is 0 Å². The summed E-state index contributed by atoms with van der Waals surface area (Å²) in [4.78, 5) is 46.5. The summed E-state index contributed by atoms with van der Waals surface area (Å²) < 4.78 is 16.9. The van der Waals surface area contributed by atoms with Crippen LogP contribution in [-0.2, 0) is 35.9 Å². The van der Waals surface area contributed by atoms with Crippen LogP contribution in [0.25, 0.3) is 11.3 Å². The lowest BCUT2D eigenvalue weighted by molar-refractivity contribution is -0.151. The first-order chi connectivity index (χ1) is 17.5. The summed E-state index contributed by atoms with van der Waals surface area (Å²) in [6, 6.07) is 16.2. The van der Waals surface area contributed by atoms with Crippen LogP contribution in [0.2, 0.25) is 0 Å². The number of oxazole rings is 1. The van der Waals surface area contributed by atoms with Crippen molar-refractivity contribution in [1.29, 1.82) is 0 Å². The topological polar surface area (TPSA) is 125 Å². The standard InChI is InChI=1S/C28H27N3O6/c1-16-21(24(33)37-27(2,3)4)28(19-13-9-8-12-18(19)22-23(28)30-26(29)36-22)25(34)31(16)14-20(32)35-15-17-10-6-5-7-11-17/h5-13H,14-15H2,1-4H3,(H2,29,30). The van der Waals surface area contributed by atoms with E-state index in [1.54, 1.807) is 52.0 Å². The fourth-order valence-electron chi connectivity index (χ4n) is 4.98. The summed E-state index contributed by atoms with van der Waals surface area (Å²) in [5.41, 5.74) is 5.88. The monoisotopic (exact) mass is 501 g/mol. The zero-order chi connectivity index (χ0) is 26.5. The number of benzene rings is 2. The Balaban J connectivity index is 1.59. The molecule has 9 heteroatoms. The van der Waals surface area contributed by atoms with Crippen molar-refractivity contribution in [2.24, 2.45) is 0 Å². The number of aromatic nitrogens is 1. The molecule has 1 aromatic heterocycles. The number of nitrogens with zero attached hydrogens (tertiary/aromatic N) is 2. The van der Waals surface area contributed by atoms with Gasteiger partial charge in [-0.2, -0.15) is 4.98 Å². The summed E-state index contributed by atoms with van der Waals surface area (Å²) in [7, 11) is 0. The highest BCUT2D eigenvalue weighted by atomic mass is 16.6. The molecular formula is C28H27N3O6. The van der Waals surface area contributed by atoms with Crippen molar-refractivity contribution in [3.8, 4) is 11.3 Å². The van der Waals surface area contributed by atoms with Gasteiger partial charge in [-0.3, -0.25) is 9.59 Å². The van der Waals surface area contributed by atoms with Crippen LogP contribution in [0.4, 0.5) is 6.01 Å². The molecule has 2 N–H and O–H groups in total. The van der Waals surface area contributed by atoms with Gasteiger partial charge in [-0.1, -0.05) is 54.6 Å². The second kappa shape index (κ2) is 8.62. The van der Waals surface area contributed by atoms with Crippen LogP contribution < -0.4 is 5.73 Å². The Bertz CT molecular complexity index is 1450. The zero-order valence-corrected chi connectivity index (χ0v) is 21.0. The summed E-state index contributed by atoms with van der Waals surface area (Å²) in [6.07, 6.45) is 0. The van der Waals surface area contributed by atoms with Crippen molar-refractivity contribution < 1.29 is 28.3 Å². The molecule has 2 heterocycles. The third-order valence-electron chi connectivity index (χ3n) is 6.42. The lowest BCUT2D eigenvalue weighted by Crippen LogP contribution is -2.44. The average molecular weight is 502 g/mol. The minimum atomic E-state index is -1.67. The van der Waals surface area contributed by atoms with Gasteiger partial charge in [0, 0.05) is 11.3 Å². The molecule has 0 saturated heterocycles. The van der Waals surface area contributed by atoms with Crippen LogP contribution in [0, 0.1) is 0 Å². The second-order valence-corrected chi connectivity index (χ2v) is 10.0. The number of fused-ring (bicyclic) bond motifs is 5. The van der Waals surface area contributed by atoms with E-state index in [1.165, 1.54) is 4.90 Å². The fraction of sp³-hybridized carbons (Fsp3) is 0.286. The van der Waals surface area contributed by atoms with Crippen LogP contribution >= 0.6 is 0 Å². The van der Waals surface area contributed by atoms with Crippen molar-refractivity contribution in [3.05, 3.63) is 82.7 Å². The van der Waals surface area contributed by atoms with Crippen molar-refractivity contribution in [2.45, 2.75) is 45.3 Å². The van der Waals surface area contributed by atoms with Crippen LogP contribution in [0.3, 0.4) is 0 Å². The van der Waals surface area contributed by atoms with Gasteiger partial charge in [-0.15, -0.1) is 0 Å². The predicted octanol–water partition coefficient (Wildman–Crippen LogP) is 3.72. The number of anilines is 1. The first-order valence-corrected chi connectivity index (χ1v) is 11.9. The number of hydrogen-bond acceptors (Lipinski definition) is 8. The molecule has 1 amide bonds. The maximum atomic E-state index is 14.3. The smallest absolute Gasteiger partial charge is 0.338 e. The molecule has 37 heavy (non-hydrogen) atoms. The number of rotatable bonds is 5. The van der Waals surface area contributed by atoms with Crippen molar-refractivity contribution in [3.63, 3.8) is 0 Å². The van der Waals surface area contributed by atoms with Gasteiger partial charge in [0.2, 0.25) is 5.91 Å². The van der Waals surface area contributed by atoms with E-state index in [0.29, 0.717) is 16.9 Å². The highest BCUT2D eigenvalue weighted by molar-refractivity contribution is 6.14. The van der Waals surface area contributed by atoms with E-state index >= 15 is 0 Å². The summed E-state index contributed by atoms with van der Waals surface area (Å²) in [5, 5.41) is 0. The minimum Gasteiger partial charge on any atom is -0.459 e. The van der Waals surface area contributed by atoms with E-state index in [4.69, 9.17) is 19.6 Å². The van der Waals surface area contributed by atoms with Gasteiger partial charge in [0.15, 0.2) is 11.2 Å². The predicted molar refractivity (Wildman–Crippen MR) is 134 cm³/mol. The van der Waals surface area contributed by atoms with Crippen LogP contribution in [-0.4, -0.2) is 39.9 Å². The number of ether oxygens (including phenoxy) is 2. The minimum absolute atomic E-state index is 0.0569. The zero-order valence-electron chi connectivity index (χ0n) is 21.0. The molecule has 0 bridgehead atoms. The molecule has 1 spiro atoms. The Hall–Kier alpha value is -4.40. The summed E-state index contributed by atoms with van der Waals surface area (Å²) in [5.74, 6) is -1.53. The highest BCUT2D eigenvalue weighted by Gasteiger charge is 2.64. The molecule has 1 aliphatic carbocycles. The molecule has 1 aliphatic heterocycles. The number of hydrogen-bond donors (Lipinski definition) is 1. The molecule has 0 saturated carbocycles. The van der Waals surface area contributed by atoms with Crippen LogP contribution in [0.15, 0.2) is 70.3 Å². The van der Waals surface area contributed by atoms with Crippen molar-refractivity contribution >= 4 is 23.9 Å². The summed E-state index contributed by atoms with van der Waals surface area (Å²) in [6.45, 7) is 6.50. The molecule has 3 aromatic rings. The van der Waals surface area contributed by atoms with E-state index in [1.807, 2.05) is 30.3 Å². The molecule has 2 aliphatic rings. The molecule has 5 rings (SSSR count). The number of esters is 2. The third-order valence-corrected chi connectivity index (χ3v) is 6.42. The number of nitrogen functional groups attached to an aromatic ring is 1. The third kappa shape index (κ3) is 3.87. The second-order valence-electron chi connectivity index (χ2n) is 10.0. The maximum Gasteiger partial charge on any atom is 0.338 e. The number of nitrogens with two attached hydrogens (primary N) is 1. The number of allylic oxidation sites excluding steroid dienone is 1. The highest BCUT2D eigenvalue weighted by Crippen LogP contribution is 2.57. The van der Waals surface area contributed by atoms with Crippen molar-refractivity contribution in [2.75, 3.05) is 12.3 Å². The molecule has 1 unspecified atom stereocenters. The number of amides is 1. The van der Waals surface area contributed by atoms with E-state index in [2.05, 4.69) is 4.98 Å². The molecule has 2 aromatic carbocycles. The Morgan fingerprint density at radius 2 is 1.76 bits per heavy atom. The summed E-state index contributed by atoms with van der Waals surface area (Å²) >= 11 is 0. The van der Waals surface area contributed by atoms with Gasteiger partial charge < -0.3 is 24.5 Å². The van der Waals surface area contributed by atoms with E-state index in [0.717, 1.165) is 5.56 Å². The normalized spacial score (nSPS) is 18.3. The Morgan fingerprint density at radius 1 is 1.08 bits per heavy atom. The molecule has 0 radical (unpaired) electrons. The molecular weight excluding hydrogens is 474 g/mol. The van der Waals surface area contributed by atoms with E-state index in [9.17, 15) is 14.4 Å².